The summed E-state index contributed by atoms with van der Waals surface area (Å²) in [6, 6.07) is 11.9. The zero-order valence-corrected chi connectivity index (χ0v) is 15.7. The van der Waals surface area contributed by atoms with Crippen LogP contribution in [0.1, 0.15) is 17.0 Å². The van der Waals surface area contributed by atoms with Crippen molar-refractivity contribution in [2.24, 2.45) is 0 Å². The minimum atomic E-state index is -0.487. The van der Waals surface area contributed by atoms with Gasteiger partial charge in [-0.25, -0.2) is 4.39 Å². The minimum Gasteiger partial charge on any atom is -0.484 e. The molecule has 0 saturated carbocycles. The number of carbonyl (C=O) groups is 1. The summed E-state index contributed by atoms with van der Waals surface area (Å²) in [5, 5.41) is 10.5. The van der Waals surface area contributed by atoms with Gasteiger partial charge in [0.15, 0.2) is 6.61 Å². The number of benzene rings is 2. The number of para-hydroxylation sites is 1. The van der Waals surface area contributed by atoms with E-state index in [9.17, 15) is 9.18 Å². The molecule has 1 N–H and O–H groups in total. The Morgan fingerprint density at radius 3 is 2.85 bits per heavy atom. The maximum atomic E-state index is 13.5. The SMILES string of the molecule is Cc1ccc(C)c(OCc2nnc(SCC(=O)Nc3ccccc3F)o2)c1. The van der Waals surface area contributed by atoms with Crippen LogP contribution < -0.4 is 10.1 Å². The van der Waals surface area contributed by atoms with Crippen LogP contribution in [0.5, 0.6) is 5.75 Å². The predicted molar refractivity (Wildman–Crippen MR) is 100 cm³/mol. The number of halogens is 1. The molecule has 8 heteroatoms. The van der Waals surface area contributed by atoms with Gasteiger partial charge in [-0.1, -0.05) is 36.0 Å². The fraction of sp³-hybridized carbons (Fsp3) is 0.211. The van der Waals surface area contributed by atoms with Crippen LogP contribution >= 0.6 is 11.8 Å². The molecule has 0 atom stereocenters. The third-order valence-corrected chi connectivity index (χ3v) is 4.44. The van der Waals surface area contributed by atoms with E-state index in [1.54, 1.807) is 12.1 Å². The van der Waals surface area contributed by atoms with Gasteiger partial charge in [0.05, 0.1) is 11.4 Å². The lowest BCUT2D eigenvalue weighted by Crippen LogP contribution is -2.14. The molecule has 0 bridgehead atoms. The van der Waals surface area contributed by atoms with Gasteiger partial charge in [-0.2, -0.15) is 0 Å². The Kier molecular flexibility index (Phi) is 6.08. The average molecular weight is 387 g/mol. The lowest BCUT2D eigenvalue weighted by atomic mass is 10.1. The van der Waals surface area contributed by atoms with Crippen LogP contribution in [-0.4, -0.2) is 21.9 Å². The number of amides is 1. The van der Waals surface area contributed by atoms with E-state index in [4.69, 9.17) is 9.15 Å². The van der Waals surface area contributed by atoms with Crippen molar-refractivity contribution in [1.29, 1.82) is 0 Å². The second kappa shape index (κ2) is 8.68. The number of hydrogen-bond acceptors (Lipinski definition) is 6. The first-order chi connectivity index (χ1) is 13.0. The summed E-state index contributed by atoms with van der Waals surface area (Å²) in [6.45, 7) is 4.08. The van der Waals surface area contributed by atoms with E-state index in [1.165, 1.54) is 12.1 Å². The van der Waals surface area contributed by atoms with Crippen molar-refractivity contribution in [1.82, 2.24) is 10.2 Å². The van der Waals surface area contributed by atoms with Gasteiger partial charge in [0.25, 0.3) is 11.1 Å². The standard InChI is InChI=1S/C19H18FN3O3S/c1-12-7-8-13(2)16(9-12)25-10-18-22-23-19(26-18)27-11-17(24)21-15-6-4-3-5-14(15)20/h3-9H,10-11H2,1-2H3,(H,21,24). The zero-order chi connectivity index (χ0) is 19.2. The number of thioether (sulfide) groups is 1. The first kappa shape index (κ1) is 18.9. The van der Waals surface area contributed by atoms with E-state index in [-0.39, 0.29) is 29.2 Å². The third-order valence-electron chi connectivity index (χ3n) is 3.62. The van der Waals surface area contributed by atoms with Gasteiger partial charge in [-0.05, 0) is 43.2 Å². The highest BCUT2D eigenvalue weighted by Crippen LogP contribution is 2.22. The second-order valence-electron chi connectivity index (χ2n) is 5.84. The van der Waals surface area contributed by atoms with Crippen LogP contribution in [0, 0.1) is 19.7 Å². The molecule has 0 fully saturated rings. The van der Waals surface area contributed by atoms with E-state index < -0.39 is 5.82 Å². The molecule has 140 valence electrons. The highest BCUT2D eigenvalue weighted by atomic mass is 32.2. The first-order valence-corrected chi connectivity index (χ1v) is 9.19. The van der Waals surface area contributed by atoms with Crippen LogP contribution in [-0.2, 0) is 11.4 Å². The van der Waals surface area contributed by atoms with Gasteiger partial charge in [0, 0.05) is 0 Å². The largest absolute Gasteiger partial charge is 0.484 e. The zero-order valence-electron chi connectivity index (χ0n) is 14.9. The monoisotopic (exact) mass is 387 g/mol. The predicted octanol–water partition coefficient (Wildman–Crippen LogP) is 4.14. The average Bonchev–Trinajstić information content (AvgIpc) is 3.11. The Labute approximate surface area is 160 Å². The fourth-order valence-electron chi connectivity index (χ4n) is 2.23. The van der Waals surface area contributed by atoms with E-state index in [1.807, 2.05) is 32.0 Å². The van der Waals surface area contributed by atoms with Crippen molar-refractivity contribution in [3.05, 3.63) is 65.3 Å². The molecule has 0 aliphatic carbocycles. The minimum absolute atomic E-state index is 0.0216. The number of nitrogens with one attached hydrogen (secondary N) is 1. The molecule has 2 aromatic carbocycles. The van der Waals surface area contributed by atoms with Gasteiger partial charge in [0.1, 0.15) is 11.6 Å². The summed E-state index contributed by atoms with van der Waals surface area (Å²) in [5.41, 5.74) is 2.24. The Balaban J connectivity index is 1.50. The van der Waals surface area contributed by atoms with Crippen LogP contribution in [0.25, 0.3) is 0 Å². The van der Waals surface area contributed by atoms with Crippen LogP contribution in [0.15, 0.2) is 52.1 Å². The lowest BCUT2D eigenvalue weighted by Gasteiger charge is -2.07. The first-order valence-electron chi connectivity index (χ1n) is 8.21. The summed E-state index contributed by atoms with van der Waals surface area (Å²) in [4.78, 5) is 11.9. The Hall–Kier alpha value is -2.87. The smallest absolute Gasteiger partial charge is 0.277 e. The number of carbonyl (C=O) groups excluding carboxylic acids is 1. The van der Waals surface area contributed by atoms with E-state index in [2.05, 4.69) is 15.5 Å². The summed E-state index contributed by atoms with van der Waals surface area (Å²) in [6.07, 6.45) is 0. The molecule has 3 aromatic rings. The molecule has 6 nitrogen and oxygen atoms in total. The maximum absolute atomic E-state index is 13.5. The van der Waals surface area contributed by atoms with Crippen LogP contribution in [0.4, 0.5) is 10.1 Å². The van der Waals surface area contributed by atoms with E-state index >= 15 is 0 Å². The normalized spacial score (nSPS) is 10.6. The van der Waals surface area contributed by atoms with Crippen LogP contribution in [0.2, 0.25) is 0 Å². The van der Waals surface area contributed by atoms with Gasteiger partial charge >= 0.3 is 0 Å². The number of nitrogens with zero attached hydrogens (tertiary/aromatic N) is 2. The Morgan fingerprint density at radius 1 is 1.22 bits per heavy atom. The molecule has 1 amide bonds. The van der Waals surface area contributed by atoms with E-state index in [0.29, 0.717) is 5.89 Å². The van der Waals surface area contributed by atoms with Crippen molar-refractivity contribution < 1.29 is 18.3 Å². The van der Waals surface area contributed by atoms with Crippen LogP contribution in [0.3, 0.4) is 0 Å². The molecule has 1 aromatic heterocycles. The maximum Gasteiger partial charge on any atom is 0.277 e. The quantitative estimate of drug-likeness (QED) is 0.614. The third kappa shape index (κ3) is 5.30. The van der Waals surface area contributed by atoms with Crippen molar-refractivity contribution in [3.63, 3.8) is 0 Å². The van der Waals surface area contributed by atoms with Crippen molar-refractivity contribution >= 4 is 23.4 Å². The molecule has 0 aliphatic rings. The second-order valence-corrected chi connectivity index (χ2v) is 6.76. The van der Waals surface area contributed by atoms with Gasteiger partial charge in [-0.15, -0.1) is 10.2 Å². The summed E-state index contributed by atoms with van der Waals surface area (Å²) in [5.74, 6) is 0.240. The molecule has 1 heterocycles. The molecule has 0 radical (unpaired) electrons. The highest BCUT2D eigenvalue weighted by molar-refractivity contribution is 7.99. The number of aromatic nitrogens is 2. The summed E-state index contributed by atoms with van der Waals surface area (Å²) in [7, 11) is 0. The topological polar surface area (TPSA) is 77.2 Å². The molecule has 0 spiro atoms. The Morgan fingerprint density at radius 2 is 2.04 bits per heavy atom. The summed E-state index contributed by atoms with van der Waals surface area (Å²) < 4.78 is 24.7. The molecule has 27 heavy (non-hydrogen) atoms. The summed E-state index contributed by atoms with van der Waals surface area (Å²) >= 11 is 1.07. The molecule has 0 saturated heterocycles. The number of rotatable bonds is 7. The molecular formula is C19H18FN3O3S. The van der Waals surface area contributed by atoms with Crippen molar-refractivity contribution in [2.75, 3.05) is 11.1 Å². The molecule has 0 unspecified atom stereocenters. The highest BCUT2D eigenvalue weighted by Gasteiger charge is 2.12. The van der Waals surface area contributed by atoms with Crippen molar-refractivity contribution in [3.8, 4) is 5.75 Å². The fourth-order valence-corrected chi connectivity index (χ4v) is 2.81. The van der Waals surface area contributed by atoms with Crippen molar-refractivity contribution in [2.45, 2.75) is 25.7 Å². The van der Waals surface area contributed by atoms with Gasteiger partial charge in [-0.3, -0.25) is 4.79 Å². The number of ether oxygens (including phenoxy) is 1. The Bertz CT molecular complexity index is 945. The lowest BCUT2D eigenvalue weighted by molar-refractivity contribution is -0.113. The molecular weight excluding hydrogens is 369 g/mol. The van der Waals surface area contributed by atoms with E-state index in [0.717, 1.165) is 28.6 Å². The molecule has 3 rings (SSSR count). The van der Waals surface area contributed by atoms with Gasteiger partial charge in [0.2, 0.25) is 5.91 Å². The number of anilines is 1. The number of aryl methyl sites for hydroxylation is 2. The molecule has 0 aliphatic heterocycles. The van der Waals surface area contributed by atoms with Gasteiger partial charge < -0.3 is 14.5 Å². The number of hydrogen-bond donors (Lipinski definition) is 1.